The average molecular weight is 239 g/mol. The molecule has 0 aromatic carbocycles. The number of amides is 1. The van der Waals surface area contributed by atoms with Crippen molar-refractivity contribution in [3.63, 3.8) is 0 Å². The molecule has 1 rings (SSSR count). The van der Waals surface area contributed by atoms with Gasteiger partial charge in [-0.15, -0.1) is 0 Å². The number of hydrogen-bond donors (Lipinski definition) is 1. The highest BCUT2D eigenvalue weighted by Crippen LogP contribution is 2.20. The molecule has 1 fully saturated rings. The Bertz CT molecular complexity index is 339. The van der Waals surface area contributed by atoms with Gasteiger partial charge in [-0.25, -0.2) is 4.79 Å². The van der Waals surface area contributed by atoms with Crippen molar-refractivity contribution in [1.29, 1.82) is 0 Å². The number of carbonyl (C=O) groups is 3. The monoisotopic (exact) mass is 239 g/mol. The number of hydrogen-bond acceptors (Lipinski definition) is 4. The van der Waals surface area contributed by atoms with Gasteiger partial charge in [-0.3, -0.25) is 9.59 Å². The maximum Gasteiger partial charge on any atom is 0.471 e. The molecule has 5 nitrogen and oxygen atoms in total. The Morgan fingerprint density at radius 2 is 2.00 bits per heavy atom. The largest absolute Gasteiger partial charge is 0.471 e. The molecular weight excluding hydrogens is 231 g/mol. The van der Waals surface area contributed by atoms with Crippen LogP contribution in [0.5, 0.6) is 0 Å². The fraction of sp³-hybridized carbons (Fsp3) is 0.625. The van der Waals surface area contributed by atoms with Gasteiger partial charge in [0.25, 0.3) is 0 Å². The Morgan fingerprint density at radius 1 is 1.44 bits per heavy atom. The molecule has 0 saturated carbocycles. The Balaban J connectivity index is 2.70. The summed E-state index contributed by atoms with van der Waals surface area (Å²) in [7, 11) is 0. The second-order valence-electron chi connectivity index (χ2n) is 3.42. The van der Waals surface area contributed by atoms with E-state index in [4.69, 9.17) is 0 Å². The van der Waals surface area contributed by atoms with Crippen LogP contribution in [0.2, 0.25) is 0 Å². The second kappa shape index (κ2) is 4.11. The second-order valence-corrected chi connectivity index (χ2v) is 3.42. The third kappa shape index (κ3) is 2.71. The predicted molar refractivity (Wildman–Crippen MR) is 42.9 cm³/mol. The zero-order valence-electron chi connectivity index (χ0n) is 8.13. The SMILES string of the molecule is CC1CC(=O)OC(=O)[C@H]1NC(=O)C(F)(F)F. The lowest BCUT2D eigenvalue weighted by molar-refractivity contribution is -0.179. The fourth-order valence-corrected chi connectivity index (χ4v) is 1.25. The van der Waals surface area contributed by atoms with E-state index < -0.39 is 36.0 Å². The van der Waals surface area contributed by atoms with Gasteiger partial charge >= 0.3 is 24.0 Å². The zero-order valence-corrected chi connectivity index (χ0v) is 8.13. The quantitative estimate of drug-likeness (QED) is 0.522. The van der Waals surface area contributed by atoms with Crippen LogP contribution in [-0.4, -0.2) is 30.1 Å². The summed E-state index contributed by atoms with van der Waals surface area (Å²) in [6.45, 7) is 1.37. The number of cyclic esters (lactones) is 2. The molecule has 1 aliphatic rings. The van der Waals surface area contributed by atoms with Crippen LogP contribution in [0.3, 0.4) is 0 Å². The number of halogens is 3. The van der Waals surface area contributed by atoms with Crippen molar-refractivity contribution in [2.24, 2.45) is 5.92 Å². The van der Waals surface area contributed by atoms with Crippen LogP contribution in [-0.2, 0) is 19.1 Å². The van der Waals surface area contributed by atoms with Crippen LogP contribution in [0.1, 0.15) is 13.3 Å². The smallest absolute Gasteiger partial charge is 0.392 e. The van der Waals surface area contributed by atoms with Crippen LogP contribution in [0.4, 0.5) is 13.2 Å². The molecule has 1 unspecified atom stereocenters. The Morgan fingerprint density at radius 3 is 2.44 bits per heavy atom. The Hall–Kier alpha value is -1.60. The van der Waals surface area contributed by atoms with E-state index in [1.807, 2.05) is 0 Å². The highest BCUT2D eigenvalue weighted by atomic mass is 19.4. The van der Waals surface area contributed by atoms with Crippen molar-refractivity contribution in [3.05, 3.63) is 0 Å². The number of nitrogens with one attached hydrogen (secondary N) is 1. The maximum atomic E-state index is 11.9. The molecule has 1 saturated heterocycles. The van der Waals surface area contributed by atoms with Crippen LogP contribution < -0.4 is 5.32 Å². The summed E-state index contributed by atoms with van der Waals surface area (Å²) in [5, 5.41) is 1.49. The maximum absolute atomic E-state index is 11.9. The van der Waals surface area contributed by atoms with Crippen molar-refractivity contribution < 1.29 is 32.3 Å². The summed E-state index contributed by atoms with van der Waals surface area (Å²) in [5.74, 6) is -4.92. The standard InChI is InChI=1S/C8H8F3NO4/c1-3-2-4(13)16-6(14)5(3)12-7(15)8(9,10)11/h3,5H,2H2,1H3,(H,12,15)/t3?,5-/m0/s1. The van der Waals surface area contributed by atoms with Crippen LogP contribution >= 0.6 is 0 Å². The highest BCUT2D eigenvalue weighted by Gasteiger charge is 2.44. The number of alkyl halides is 3. The van der Waals surface area contributed by atoms with Gasteiger partial charge < -0.3 is 10.1 Å². The molecule has 0 aliphatic carbocycles. The molecule has 0 spiro atoms. The zero-order chi connectivity index (χ0) is 12.5. The molecule has 0 aromatic rings. The van der Waals surface area contributed by atoms with Gasteiger partial charge in [0.15, 0.2) is 0 Å². The minimum atomic E-state index is -5.07. The van der Waals surface area contributed by atoms with Crippen molar-refractivity contribution in [2.45, 2.75) is 25.6 Å². The molecule has 0 bridgehead atoms. The van der Waals surface area contributed by atoms with E-state index in [1.54, 1.807) is 0 Å². The van der Waals surface area contributed by atoms with Gasteiger partial charge in [0.1, 0.15) is 6.04 Å². The third-order valence-electron chi connectivity index (χ3n) is 2.07. The Kier molecular flexibility index (Phi) is 3.20. The van der Waals surface area contributed by atoms with E-state index in [0.29, 0.717) is 0 Å². The van der Waals surface area contributed by atoms with Gasteiger partial charge in [0, 0.05) is 0 Å². The first kappa shape index (κ1) is 12.5. The van der Waals surface area contributed by atoms with E-state index >= 15 is 0 Å². The van der Waals surface area contributed by atoms with E-state index in [2.05, 4.69) is 4.74 Å². The minimum Gasteiger partial charge on any atom is -0.392 e. The molecule has 1 amide bonds. The molecule has 1 heterocycles. The van der Waals surface area contributed by atoms with Gasteiger partial charge in [0.2, 0.25) is 0 Å². The van der Waals surface area contributed by atoms with E-state index in [1.165, 1.54) is 12.2 Å². The van der Waals surface area contributed by atoms with Crippen LogP contribution in [0, 0.1) is 5.92 Å². The first-order chi connectivity index (χ1) is 7.21. The lowest BCUT2D eigenvalue weighted by Gasteiger charge is -2.26. The van der Waals surface area contributed by atoms with Crippen molar-refractivity contribution in [2.75, 3.05) is 0 Å². The van der Waals surface area contributed by atoms with Gasteiger partial charge in [0.05, 0.1) is 6.42 Å². The van der Waals surface area contributed by atoms with E-state index in [9.17, 15) is 27.6 Å². The lowest BCUT2D eigenvalue weighted by Crippen LogP contribution is -2.53. The van der Waals surface area contributed by atoms with E-state index in [-0.39, 0.29) is 6.42 Å². The van der Waals surface area contributed by atoms with Crippen molar-refractivity contribution in [3.8, 4) is 0 Å². The highest BCUT2D eigenvalue weighted by molar-refractivity contribution is 5.95. The first-order valence-corrected chi connectivity index (χ1v) is 4.34. The summed E-state index contributed by atoms with van der Waals surface area (Å²) in [6, 6.07) is -1.44. The van der Waals surface area contributed by atoms with Gasteiger partial charge in [-0.05, 0) is 5.92 Å². The van der Waals surface area contributed by atoms with Crippen molar-refractivity contribution in [1.82, 2.24) is 5.32 Å². The summed E-state index contributed by atoms with van der Waals surface area (Å²) in [4.78, 5) is 32.4. The van der Waals surface area contributed by atoms with E-state index in [0.717, 1.165) is 0 Å². The summed E-state index contributed by atoms with van der Waals surface area (Å²) < 4.78 is 39.8. The van der Waals surface area contributed by atoms with Crippen LogP contribution in [0.15, 0.2) is 0 Å². The number of rotatable bonds is 1. The number of esters is 2. The minimum absolute atomic E-state index is 0.214. The summed E-state index contributed by atoms with van der Waals surface area (Å²) in [5.41, 5.74) is 0. The molecule has 16 heavy (non-hydrogen) atoms. The van der Waals surface area contributed by atoms with Gasteiger partial charge in [-0.2, -0.15) is 13.2 Å². The fourth-order valence-electron chi connectivity index (χ4n) is 1.25. The third-order valence-corrected chi connectivity index (χ3v) is 2.07. The molecule has 8 heteroatoms. The summed E-state index contributed by atoms with van der Waals surface area (Å²) >= 11 is 0. The van der Waals surface area contributed by atoms with Crippen LogP contribution in [0.25, 0.3) is 0 Å². The van der Waals surface area contributed by atoms with Crippen molar-refractivity contribution >= 4 is 17.8 Å². The molecule has 1 aliphatic heterocycles. The molecule has 90 valence electrons. The van der Waals surface area contributed by atoms with Gasteiger partial charge in [-0.1, -0.05) is 6.92 Å². The summed E-state index contributed by atoms with van der Waals surface area (Å²) in [6.07, 6.45) is -5.28. The average Bonchev–Trinajstić information content (AvgIpc) is 2.08. The lowest BCUT2D eigenvalue weighted by atomic mass is 9.96. The molecule has 2 atom stereocenters. The Labute approximate surface area is 87.9 Å². The number of carbonyl (C=O) groups excluding carboxylic acids is 3. The molecular formula is C8H8F3NO4. The number of ether oxygens (including phenoxy) is 1. The normalized spacial score (nSPS) is 26.2. The molecule has 1 N–H and O–H groups in total. The molecule has 0 aromatic heterocycles. The predicted octanol–water partition coefficient (Wildman–Crippen LogP) is 0.143. The first-order valence-electron chi connectivity index (χ1n) is 4.34. The molecule has 0 radical (unpaired) electrons. The topological polar surface area (TPSA) is 72.5 Å².